The Balaban J connectivity index is 1.77. The number of halogens is 3. The molecule has 2 aromatic carbocycles. The van der Waals surface area contributed by atoms with Crippen molar-refractivity contribution < 1.29 is 22.8 Å². The fourth-order valence-corrected chi connectivity index (χ4v) is 3.18. The van der Waals surface area contributed by atoms with Gasteiger partial charge >= 0.3 is 6.18 Å². The normalized spacial score (nSPS) is 15.4. The first kappa shape index (κ1) is 18.9. The zero-order valence-electron chi connectivity index (χ0n) is 14.5. The Kier molecular flexibility index (Phi) is 5.48. The first-order valence-corrected chi connectivity index (χ1v) is 8.65. The van der Waals surface area contributed by atoms with Gasteiger partial charge in [-0.05, 0) is 42.2 Å². The van der Waals surface area contributed by atoms with Crippen molar-refractivity contribution in [2.24, 2.45) is 0 Å². The summed E-state index contributed by atoms with van der Waals surface area (Å²) < 4.78 is 38.3. The third-order valence-corrected chi connectivity index (χ3v) is 4.71. The van der Waals surface area contributed by atoms with Crippen LogP contribution in [-0.2, 0) is 11.0 Å². The molecular weight excluding hydrogens is 357 g/mol. The summed E-state index contributed by atoms with van der Waals surface area (Å²) in [6.45, 7) is 1.18. The number of hydrogen-bond donors (Lipinski definition) is 1. The van der Waals surface area contributed by atoms with Crippen LogP contribution in [0.3, 0.4) is 0 Å². The van der Waals surface area contributed by atoms with Crippen LogP contribution in [0.15, 0.2) is 48.5 Å². The summed E-state index contributed by atoms with van der Waals surface area (Å²) >= 11 is 0. The second-order valence-electron chi connectivity index (χ2n) is 6.51. The standard InChI is InChI=1S/C20H19F3N2O2/c21-20(22,23)15-7-5-14(6-8-15)17-3-1-2-4-18(17)19(27)24-16-9-11-25(13-26)12-10-16/h1-8,13,16H,9-12H2,(H,24,27). The Bertz CT molecular complexity index is 811. The second-order valence-corrected chi connectivity index (χ2v) is 6.51. The van der Waals surface area contributed by atoms with Crippen LogP contribution in [0.4, 0.5) is 13.2 Å². The van der Waals surface area contributed by atoms with Gasteiger partial charge in [-0.25, -0.2) is 0 Å². The van der Waals surface area contributed by atoms with Crippen molar-refractivity contribution in [1.29, 1.82) is 0 Å². The summed E-state index contributed by atoms with van der Waals surface area (Å²) in [4.78, 5) is 25.1. The molecule has 0 unspecified atom stereocenters. The van der Waals surface area contributed by atoms with E-state index in [1.807, 2.05) is 0 Å². The molecule has 1 saturated heterocycles. The highest BCUT2D eigenvalue weighted by atomic mass is 19.4. The highest BCUT2D eigenvalue weighted by molar-refractivity contribution is 6.01. The Morgan fingerprint density at radius 3 is 2.26 bits per heavy atom. The molecule has 1 N–H and O–H groups in total. The number of piperidine rings is 1. The number of hydrogen-bond acceptors (Lipinski definition) is 2. The zero-order chi connectivity index (χ0) is 19.4. The molecular formula is C20H19F3N2O2. The van der Waals surface area contributed by atoms with Crippen LogP contribution in [-0.4, -0.2) is 36.3 Å². The maximum absolute atomic E-state index is 12.8. The van der Waals surface area contributed by atoms with E-state index in [2.05, 4.69) is 5.32 Å². The van der Waals surface area contributed by atoms with Crippen molar-refractivity contribution in [3.05, 3.63) is 59.7 Å². The molecule has 1 heterocycles. The fraction of sp³-hybridized carbons (Fsp3) is 0.300. The van der Waals surface area contributed by atoms with E-state index < -0.39 is 11.7 Å². The molecule has 4 nitrogen and oxygen atoms in total. The highest BCUT2D eigenvalue weighted by Crippen LogP contribution is 2.32. The minimum absolute atomic E-state index is 0.0330. The van der Waals surface area contributed by atoms with Crippen LogP contribution in [0.25, 0.3) is 11.1 Å². The van der Waals surface area contributed by atoms with Crippen molar-refractivity contribution in [2.45, 2.75) is 25.1 Å². The molecule has 2 amide bonds. The third-order valence-electron chi connectivity index (χ3n) is 4.71. The summed E-state index contributed by atoms with van der Waals surface area (Å²) in [5.74, 6) is -0.268. The molecule has 0 aromatic heterocycles. The van der Waals surface area contributed by atoms with Crippen LogP contribution >= 0.6 is 0 Å². The molecule has 2 aromatic rings. The molecule has 0 saturated carbocycles. The fourth-order valence-electron chi connectivity index (χ4n) is 3.18. The van der Waals surface area contributed by atoms with Crippen molar-refractivity contribution in [3.8, 4) is 11.1 Å². The number of likely N-dealkylation sites (tertiary alicyclic amines) is 1. The minimum Gasteiger partial charge on any atom is -0.349 e. The predicted molar refractivity (Wildman–Crippen MR) is 95.0 cm³/mol. The summed E-state index contributed by atoms with van der Waals surface area (Å²) in [7, 11) is 0. The molecule has 1 fully saturated rings. The van der Waals surface area contributed by atoms with Crippen LogP contribution in [0.5, 0.6) is 0 Å². The van der Waals surface area contributed by atoms with Gasteiger partial charge in [0.15, 0.2) is 0 Å². The third kappa shape index (κ3) is 4.48. The van der Waals surface area contributed by atoms with Gasteiger partial charge in [0.25, 0.3) is 5.91 Å². The largest absolute Gasteiger partial charge is 0.416 e. The number of nitrogens with zero attached hydrogens (tertiary/aromatic N) is 1. The lowest BCUT2D eigenvalue weighted by molar-refractivity contribution is -0.137. The Labute approximate surface area is 155 Å². The smallest absolute Gasteiger partial charge is 0.349 e. The molecule has 0 atom stereocenters. The van der Waals surface area contributed by atoms with Crippen molar-refractivity contribution in [3.63, 3.8) is 0 Å². The van der Waals surface area contributed by atoms with Gasteiger partial charge in [0.05, 0.1) is 5.56 Å². The number of nitrogens with one attached hydrogen (secondary N) is 1. The lowest BCUT2D eigenvalue weighted by Crippen LogP contribution is -2.44. The van der Waals surface area contributed by atoms with Gasteiger partial charge in [-0.15, -0.1) is 0 Å². The monoisotopic (exact) mass is 376 g/mol. The first-order valence-electron chi connectivity index (χ1n) is 8.65. The van der Waals surface area contributed by atoms with Crippen molar-refractivity contribution in [2.75, 3.05) is 13.1 Å². The van der Waals surface area contributed by atoms with E-state index in [9.17, 15) is 22.8 Å². The number of carbonyl (C=O) groups excluding carboxylic acids is 2. The maximum atomic E-state index is 12.8. The molecule has 0 bridgehead atoms. The second kappa shape index (κ2) is 7.82. The quantitative estimate of drug-likeness (QED) is 0.827. The van der Waals surface area contributed by atoms with Gasteiger partial charge in [-0.3, -0.25) is 9.59 Å². The van der Waals surface area contributed by atoms with Crippen molar-refractivity contribution in [1.82, 2.24) is 10.2 Å². The van der Waals surface area contributed by atoms with Crippen LogP contribution in [0.2, 0.25) is 0 Å². The minimum atomic E-state index is -4.40. The molecule has 0 spiro atoms. The Morgan fingerprint density at radius 1 is 1.04 bits per heavy atom. The Hall–Kier alpha value is -2.83. The lowest BCUT2D eigenvalue weighted by Gasteiger charge is -2.29. The zero-order valence-corrected chi connectivity index (χ0v) is 14.5. The number of alkyl halides is 3. The molecule has 0 aliphatic carbocycles. The lowest BCUT2D eigenvalue weighted by atomic mass is 9.97. The van der Waals surface area contributed by atoms with Gasteiger partial charge < -0.3 is 10.2 Å². The van der Waals surface area contributed by atoms with E-state index in [4.69, 9.17) is 0 Å². The van der Waals surface area contributed by atoms with Gasteiger partial charge in [0, 0.05) is 24.7 Å². The molecule has 7 heteroatoms. The van der Waals surface area contributed by atoms with Gasteiger partial charge in [-0.1, -0.05) is 30.3 Å². The van der Waals surface area contributed by atoms with Crippen molar-refractivity contribution >= 4 is 12.3 Å². The SMILES string of the molecule is O=CN1CCC(NC(=O)c2ccccc2-c2ccc(C(F)(F)F)cc2)CC1. The van der Waals surface area contributed by atoms with E-state index in [0.29, 0.717) is 42.6 Å². The van der Waals surface area contributed by atoms with Crippen LogP contribution in [0.1, 0.15) is 28.8 Å². The maximum Gasteiger partial charge on any atom is 0.416 e. The molecule has 1 aliphatic rings. The van der Waals surface area contributed by atoms with E-state index in [0.717, 1.165) is 18.5 Å². The number of carbonyl (C=O) groups is 2. The summed E-state index contributed by atoms with van der Waals surface area (Å²) in [5, 5.41) is 2.96. The Morgan fingerprint density at radius 2 is 1.67 bits per heavy atom. The van der Waals surface area contributed by atoms with Gasteiger partial charge in [-0.2, -0.15) is 13.2 Å². The number of amides is 2. The summed E-state index contributed by atoms with van der Waals surface area (Å²) in [6.07, 6.45) is -2.25. The average molecular weight is 376 g/mol. The van der Waals surface area contributed by atoms with Crippen LogP contribution in [0, 0.1) is 0 Å². The molecule has 142 valence electrons. The molecule has 1 aliphatic heterocycles. The van der Waals surface area contributed by atoms with E-state index in [1.165, 1.54) is 12.1 Å². The molecule has 3 rings (SSSR count). The van der Waals surface area contributed by atoms with Gasteiger partial charge in [0.2, 0.25) is 6.41 Å². The topological polar surface area (TPSA) is 49.4 Å². The van der Waals surface area contributed by atoms with Gasteiger partial charge in [0.1, 0.15) is 0 Å². The molecule has 0 radical (unpaired) electrons. The number of benzene rings is 2. The van der Waals surface area contributed by atoms with E-state index >= 15 is 0 Å². The van der Waals surface area contributed by atoms with Crippen LogP contribution < -0.4 is 5.32 Å². The number of rotatable bonds is 4. The first-order chi connectivity index (χ1) is 12.9. The highest BCUT2D eigenvalue weighted by Gasteiger charge is 2.30. The average Bonchev–Trinajstić information content (AvgIpc) is 2.68. The van der Waals surface area contributed by atoms with E-state index in [-0.39, 0.29) is 11.9 Å². The summed E-state index contributed by atoms with van der Waals surface area (Å²) in [6, 6.07) is 11.6. The molecule has 27 heavy (non-hydrogen) atoms. The predicted octanol–water partition coefficient (Wildman–Crippen LogP) is 3.72. The van der Waals surface area contributed by atoms with E-state index in [1.54, 1.807) is 29.2 Å². The summed E-state index contributed by atoms with van der Waals surface area (Å²) in [5.41, 5.74) is 0.809.